The Kier molecular flexibility index (Phi) is 11.7. The third-order valence-corrected chi connectivity index (χ3v) is 11.7. The maximum Gasteiger partial charge on any atom is 0.274 e. The van der Waals surface area contributed by atoms with Crippen molar-refractivity contribution in [2.24, 2.45) is 5.92 Å². The Morgan fingerprint density at radius 2 is 1.78 bits per heavy atom. The smallest absolute Gasteiger partial charge is 0.274 e. The predicted molar refractivity (Wildman–Crippen MR) is 209 cm³/mol. The molecule has 54 heavy (non-hydrogen) atoms. The Morgan fingerprint density at radius 3 is 2.44 bits per heavy atom. The van der Waals surface area contributed by atoms with Crippen LogP contribution in [0.3, 0.4) is 0 Å². The summed E-state index contributed by atoms with van der Waals surface area (Å²) in [6.45, 7) is 16.3. The van der Waals surface area contributed by atoms with Gasteiger partial charge in [-0.2, -0.15) is 0 Å². The molecule has 1 aliphatic heterocycles. The van der Waals surface area contributed by atoms with Gasteiger partial charge in [0.1, 0.15) is 24.9 Å². The minimum Gasteiger partial charge on any atom is -0.483 e. The molecule has 0 saturated heterocycles. The number of ether oxygens (including phenoxy) is 2. The Hall–Kier alpha value is -4.82. The number of fused-ring (bicyclic) bond motifs is 2. The highest BCUT2D eigenvalue weighted by Gasteiger charge is 2.34. The number of amides is 3. The summed E-state index contributed by atoms with van der Waals surface area (Å²) in [4.78, 5) is 66.4. The van der Waals surface area contributed by atoms with Crippen LogP contribution in [0.5, 0.6) is 5.75 Å². The maximum atomic E-state index is 14.0. The van der Waals surface area contributed by atoms with E-state index >= 15 is 0 Å². The number of carbonyl (C=O) groups is 3. The minimum atomic E-state index is -1.29. The number of rotatable bonds is 16. The van der Waals surface area contributed by atoms with Crippen molar-refractivity contribution in [1.29, 1.82) is 0 Å². The number of nitrogens with one attached hydrogen (secondary N) is 2. The molecule has 3 amide bonds. The van der Waals surface area contributed by atoms with E-state index in [9.17, 15) is 19.2 Å². The molecule has 2 aliphatic rings. The number of hydrogen-bond acceptors (Lipinski definition) is 8. The second-order valence-corrected chi connectivity index (χ2v) is 21.8. The SMILES string of the molecule is CC(C)[C@H](NC(=O)c1cn(COCC[Si](C)(C)C)c2ncc(C3CC3)nc12)C(=O)NCc1cc(=O)c(OCc2ccccc2)c2n1CCN(C(C)C)C2=O. The average Bonchev–Trinajstić information content (AvgIpc) is 3.92. The normalized spacial score (nSPS) is 15.1. The maximum absolute atomic E-state index is 14.0. The number of carbonyl (C=O) groups excluding carboxylic acids is 3. The van der Waals surface area contributed by atoms with E-state index in [2.05, 4.69) is 35.3 Å². The van der Waals surface area contributed by atoms with Crippen LogP contribution in [0.25, 0.3) is 11.2 Å². The lowest BCUT2D eigenvalue weighted by atomic mass is 10.0. The highest BCUT2D eigenvalue weighted by Crippen LogP contribution is 2.39. The molecular formula is C40H53N7O6Si. The van der Waals surface area contributed by atoms with Crippen molar-refractivity contribution in [3.05, 3.63) is 87.2 Å². The molecule has 3 aromatic heterocycles. The van der Waals surface area contributed by atoms with Gasteiger partial charge in [0.2, 0.25) is 11.3 Å². The van der Waals surface area contributed by atoms with E-state index in [4.69, 9.17) is 14.5 Å². The first-order valence-corrected chi connectivity index (χ1v) is 22.7. The minimum absolute atomic E-state index is 0.00911. The Bertz CT molecular complexity index is 2070. The van der Waals surface area contributed by atoms with Crippen LogP contribution in [0.15, 0.2) is 53.6 Å². The number of benzene rings is 1. The zero-order valence-electron chi connectivity index (χ0n) is 32.5. The lowest BCUT2D eigenvalue weighted by Gasteiger charge is -2.35. The van der Waals surface area contributed by atoms with Gasteiger partial charge in [0.15, 0.2) is 17.1 Å². The monoisotopic (exact) mass is 755 g/mol. The van der Waals surface area contributed by atoms with E-state index < -0.39 is 31.4 Å². The quantitative estimate of drug-likeness (QED) is 0.116. The van der Waals surface area contributed by atoms with Crippen molar-refractivity contribution in [2.75, 3.05) is 13.2 Å². The van der Waals surface area contributed by atoms with Gasteiger partial charge in [-0.15, -0.1) is 0 Å². The summed E-state index contributed by atoms with van der Waals surface area (Å²) < 4.78 is 15.6. The van der Waals surface area contributed by atoms with Crippen molar-refractivity contribution in [3.63, 3.8) is 0 Å². The lowest BCUT2D eigenvalue weighted by Crippen LogP contribution is -2.50. The predicted octanol–water partition coefficient (Wildman–Crippen LogP) is 5.30. The van der Waals surface area contributed by atoms with E-state index in [1.54, 1.807) is 26.4 Å². The molecule has 4 heterocycles. The van der Waals surface area contributed by atoms with Crippen LogP contribution < -0.4 is 20.8 Å². The number of hydrogen-bond donors (Lipinski definition) is 2. The molecule has 4 aromatic rings. The second-order valence-electron chi connectivity index (χ2n) is 16.2. The third kappa shape index (κ3) is 8.92. The van der Waals surface area contributed by atoms with Crippen LogP contribution in [0, 0.1) is 5.92 Å². The van der Waals surface area contributed by atoms with E-state index in [0.717, 1.165) is 30.1 Å². The van der Waals surface area contributed by atoms with Gasteiger partial charge in [-0.05, 0) is 44.2 Å². The Morgan fingerprint density at radius 1 is 1.04 bits per heavy atom. The van der Waals surface area contributed by atoms with Crippen LogP contribution in [0.4, 0.5) is 0 Å². The van der Waals surface area contributed by atoms with Gasteiger partial charge in [-0.1, -0.05) is 63.8 Å². The van der Waals surface area contributed by atoms with Crippen LogP contribution in [0.2, 0.25) is 25.7 Å². The van der Waals surface area contributed by atoms with Gasteiger partial charge < -0.3 is 34.1 Å². The lowest BCUT2D eigenvalue weighted by molar-refractivity contribution is -0.124. The van der Waals surface area contributed by atoms with Crippen molar-refractivity contribution >= 4 is 37.0 Å². The summed E-state index contributed by atoms with van der Waals surface area (Å²) in [5.74, 6) is -1.10. The van der Waals surface area contributed by atoms with Crippen molar-refractivity contribution in [1.82, 2.24) is 34.6 Å². The van der Waals surface area contributed by atoms with Crippen LogP contribution in [0.1, 0.15) is 84.3 Å². The molecule has 1 aliphatic carbocycles. The van der Waals surface area contributed by atoms with Crippen LogP contribution in [-0.4, -0.2) is 75.0 Å². The molecule has 288 valence electrons. The molecule has 2 N–H and O–H groups in total. The van der Waals surface area contributed by atoms with Crippen molar-refractivity contribution < 1.29 is 23.9 Å². The van der Waals surface area contributed by atoms with Crippen molar-refractivity contribution in [3.8, 4) is 5.75 Å². The molecule has 6 rings (SSSR count). The molecular weight excluding hydrogens is 703 g/mol. The van der Waals surface area contributed by atoms with Crippen LogP contribution >= 0.6 is 0 Å². The fraction of sp³-hybridized carbons (Fsp3) is 0.500. The first-order chi connectivity index (χ1) is 25.7. The van der Waals surface area contributed by atoms with E-state index in [1.165, 1.54) is 6.07 Å². The molecule has 1 saturated carbocycles. The summed E-state index contributed by atoms with van der Waals surface area (Å²) in [6, 6.07) is 10.9. The third-order valence-electron chi connectivity index (χ3n) is 9.96. The van der Waals surface area contributed by atoms with E-state index in [0.29, 0.717) is 48.0 Å². The fourth-order valence-corrected chi connectivity index (χ4v) is 7.34. The molecule has 0 bridgehead atoms. The molecule has 0 spiro atoms. The molecule has 14 heteroatoms. The highest BCUT2D eigenvalue weighted by molar-refractivity contribution is 6.76. The van der Waals surface area contributed by atoms with Gasteiger partial charge in [-0.25, -0.2) is 9.97 Å². The van der Waals surface area contributed by atoms with Gasteiger partial charge in [-0.3, -0.25) is 19.2 Å². The Balaban J connectivity index is 1.21. The zero-order chi connectivity index (χ0) is 38.7. The van der Waals surface area contributed by atoms with Gasteiger partial charge in [0, 0.05) is 57.7 Å². The standard InChI is InChI=1S/C40H53N7O6Si/c1-25(2)33(44-38(49)30-22-45(24-52-17-18-54(5,6)7)37-34(30)43-31(21-41-37)28-13-14-28)39(50)42-20-29-19-32(48)36(53-23-27-11-9-8-10-12-27)35-40(51)46(26(3)4)15-16-47(29)35/h8-12,19,21-22,25-26,28,33H,13-18,20,23-24H2,1-7H3,(H,42,50)(H,44,49)/t33-/m0/s1. The summed E-state index contributed by atoms with van der Waals surface area (Å²) in [7, 11) is -1.29. The molecule has 0 radical (unpaired) electrons. The highest BCUT2D eigenvalue weighted by atomic mass is 28.3. The van der Waals surface area contributed by atoms with Gasteiger partial charge in [0.25, 0.3) is 11.8 Å². The summed E-state index contributed by atoms with van der Waals surface area (Å²) in [5, 5.41) is 5.88. The number of aromatic nitrogens is 4. The summed E-state index contributed by atoms with van der Waals surface area (Å²) in [5.41, 5.74) is 3.29. The first kappa shape index (κ1) is 38.9. The topological polar surface area (TPSA) is 150 Å². The number of nitrogens with zero attached hydrogens (tertiary/aromatic N) is 5. The molecule has 1 atom stereocenters. The summed E-state index contributed by atoms with van der Waals surface area (Å²) >= 11 is 0. The van der Waals surface area contributed by atoms with Gasteiger partial charge in [0.05, 0.1) is 24.0 Å². The largest absolute Gasteiger partial charge is 0.483 e. The van der Waals surface area contributed by atoms with Crippen molar-refractivity contribution in [2.45, 2.75) is 111 Å². The molecule has 1 aromatic carbocycles. The second kappa shape index (κ2) is 16.3. The zero-order valence-corrected chi connectivity index (χ0v) is 33.5. The molecule has 13 nitrogen and oxygen atoms in total. The van der Waals surface area contributed by atoms with Crippen LogP contribution in [-0.2, 0) is 36.0 Å². The Labute approximate surface area is 317 Å². The average molecular weight is 756 g/mol. The summed E-state index contributed by atoms with van der Waals surface area (Å²) in [6.07, 6.45) is 5.57. The molecule has 1 fully saturated rings. The fourth-order valence-electron chi connectivity index (χ4n) is 6.59. The van der Waals surface area contributed by atoms with Gasteiger partial charge >= 0.3 is 0 Å². The number of pyridine rings is 1. The first-order valence-electron chi connectivity index (χ1n) is 19.0. The van der Waals surface area contributed by atoms with E-state index in [1.807, 2.05) is 58.0 Å². The molecule has 0 unspecified atom stereocenters. The van der Waals surface area contributed by atoms with E-state index in [-0.39, 0.29) is 49.2 Å².